The summed E-state index contributed by atoms with van der Waals surface area (Å²) in [5, 5.41) is 0. The first-order valence-electron chi connectivity index (χ1n) is 10.9. The molecule has 7 heteroatoms. The smallest absolute Gasteiger partial charge is 0.319 e. The molecule has 1 aliphatic carbocycles. The van der Waals surface area contributed by atoms with E-state index in [0.717, 1.165) is 51.3 Å². The Morgan fingerprint density at radius 1 is 1.03 bits per heavy atom. The molecule has 1 saturated heterocycles. The Balaban J connectivity index is 1.32. The Morgan fingerprint density at radius 3 is 2.39 bits per heavy atom. The Labute approximate surface area is 181 Å². The minimum Gasteiger partial charge on any atom is -0.328 e. The monoisotopic (exact) mass is 427 g/mol. The highest BCUT2D eigenvalue weighted by molar-refractivity contribution is 5.83. The molecule has 0 unspecified atom stereocenters. The van der Waals surface area contributed by atoms with E-state index in [4.69, 9.17) is 0 Å². The maximum absolute atomic E-state index is 13.4. The van der Waals surface area contributed by atoms with Gasteiger partial charge >= 0.3 is 6.03 Å². The van der Waals surface area contributed by atoms with Gasteiger partial charge in [-0.15, -0.1) is 0 Å². The molecule has 0 atom stereocenters. The van der Waals surface area contributed by atoms with Crippen LogP contribution in [0, 0.1) is 17.6 Å². The molecule has 2 aliphatic rings. The van der Waals surface area contributed by atoms with E-state index in [2.05, 4.69) is 4.98 Å². The van der Waals surface area contributed by atoms with Crippen molar-refractivity contribution in [1.82, 2.24) is 14.8 Å². The van der Waals surface area contributed by atoms with Gasteiger partial charge in [0.05, 0.1) is 0 Å². The number of benzene rings is 1. The van der Waals surface area contributed by atoms with E-state index in [1.165, 1.54) is 12.1 Å². The SMILES string of the molecule is CN1CCCN(C2CCC(C(=O)Cc3ccc(-c4cc(F)cc(F)c4)cn3)CC2)C1=O. The summed E-state index contributed by atoms with van der Waals surface area (Å²) in [6.45, 7) is 1.61. The minimum atomic E-state index is -0.636. The van der Waals surface area contributed by atoms with Crippen molar-refractivity contribution in [3.8, 4) is 11.1 Å². The molecule has 2 aromatic rings. The van der Waals surface area contributed by atoms with E-state index < -0.39 is 11.6 Å². The van der Waals surface area contributed by atoms with Crippen LogP contribution in [0.15, 0.2) is 36.5 Å². The van der Waals surface area contributed by atoms with E-state index in [9.17, 15) is 18.4 Å². The Morgan fingerprint density at radius 2 is 1.74 bits per heavy atom. The third kappa shape index (κ3) is 4.92. The number of carbonyl (C=O) groups excluding carboxylic acids is 2. The van der Waals surface area contributed by atoms with Crippen molar-refractivity contribution in [3.05, 3.63) is 53.9 Å². The van der Waals surface area contributed by atoms with Gasteiger partial charge in [-0.2, -0.15) is 0 Å². The molecule has 2 amide bonds. The summed E-state index contributed by atoms with van der Waals surface area (Å²) in [7, 11) is 1.84. The summed E-state index contributed by atoms with van der Waals surface area (Å²) >= 11 is 0. The molecule has 0 bridgehead atoms. The van der Waals surface area contributed by atoms with E-state index in [-0.39, 0.29) is 30.2 Å². The predicted molar refractivity (Wildman–Crippen MR) is 113 cm³/mol. The standard InChI is InChI=1S/C24H27F2N3O2/c1-28-9-2-10-29(24(28)31)22-7-4-16(5-8-22)23(30)14-21-6-3-17(15-27-21)18-11-19(25)13-20(26)12-18/h3,6,11-13,15-16,22H,2,4-5,7-10,14H2,1H3. The van der Waals surface area contributed by atoms with Crippen molar-refractivity contribution >= 4 is 11.8 Å². The number of rotatable bonds is 5. The van der Waals surface area contributed by atoms with Gasteiger partial charge in [0.2, 0.25) is 0 Å². The first kappa shape index (κ1) is 21.4. The number of urea groups is 1. The fourth-order valence-corrected chi connectivity index (χ4v) is 4.68. The maximum atomic E-state index is 13.4. The van der Waals surface area contributed by atoms with Crippen molar-refractivity contribution in [1.29, 1.82) is 0 Å². The average molecular weight is 427 g/mol. The maximum Gasteiger partial charge on any atom is 0.319 e. The molecule has 1 aromatic carbocycles. The molecule has 1 saturated carbocycles. The number of halogens is 2. The molecule has 0 radical (unpaired) electrons. The van der Waals surface area contributed by atoms with Crippen LogP contribution in [0.4, 0.5) is 13.6 Å². The molecule has 4 rings (SSSR count). The summed E-state index contributed by atoms with van der Waals surface area (Å²) in [5.74, 6) is -1.12. The largest absolute Gasteiger partial charge is 0.328 e. The number of carbonyl (C=O) groups is 2. The van der Waals surface area contributed by atoms with Crippen molar-refractivity contribution in [3.63, 3.8) is 0 Å². The fraction of sp³-hybridized carbons (Fsp3) is 0.458. The van der Waals surface area contributed by atoms with Crippen LogP contribution in [0.5, 0.6) is 0 Å². The first-order valence-corrected chi connectivity index (χ1v) is 10.9. The van der Waals surface area contributed by atoms with Crippen molar-refractivity contribution in [2.45, 2.75) is 44.6 Å². The summed E-state index contributed by atoms with van der Waals surface area (Å²) in [5.41, 5.74) is 1.67. The number of pyridine rings is 1. The Bertz CT molecular complexity index is 936. The van der Waals surface area contributed by atoms with Gasteiger partial charge in [0.15, 0.2) is 0 Å². The second-order valence-electron chi connectivity index (χ2n) is 8.60. The number of nitrogens with zero attached hydrogens (tertiary/aromatic N) is 3. The third-order valence-electron chi connectivity index (χ3n) is 6.43. The second-order valence-corrected chi connectivity index (χ2v) is 8.60. The molecule has 0 spiro atoms. The first-order chi connectivity index (χ1) is 14.9. The minimum absolute atomic E-state index is 0.00679. The zero-order valence-electron chi connectivity index (χ0n) is 17.7. The van der Waals surface area contributed by atoms with Gasteiger partial charge in [-0.1, -0.05) is 6.07 Å². The molecule has 164 valence electrons. The number of Topliss-reactive ketones (excluding diaryl/α,β-unsaturated/α-hetero) is 1. The van der Waals surface area contributed by atoms with Crippen LogP contribution >= 0.6 is 0 Å². The van der Waals surface area contributed by atoms with Gasteiger partial charge in [0, 0.05) is 62.0 Å². The van der Waals surface area contributed by atoms with E-state index in [0.29, 0.717) is 16.8 Å². The zero-order chi connectivity index (χ0) is 22.0. The van der Waals surface area contributed by atoms with Crippen LogP contribution in [-0.4, -0.2) is 52.8 Å². The number of hydrogen-bond acceptors (Lipinski definition) is 3. The quantitative estimate of drug-likeness (QED) is 0.708. The lowest BCUT2D eigenvalue weighted by Crippen LogP contribution is -2.52. The summed E-state index contributed by atoms with van der Waals surface area (Å²) in [6.07, 6.45) is 6.08. The molecule has 1 aromatic heterocycles. The lowest BCUT2D eigenvalue weighted by molar-refractivity contribution is -0.123. The third-order valence-corrected chi connectivity index (χ3v) is 6.43. The lowest BCUT2D eigenvalue weighted by Gasteiger charge is -2.41. The molecule has 0 N–H and O–H groups in total. The number of hydrogen-bond donors (Lipinski definition) is 0. The van der Waals surface area contributed by atoms with E-state index in [1.807, 2.05) is 11.9 Å². The van der Waals surface area contributed by atoms with Crippen molar-refractivity contribution in [2.75, 3.05) is 20.1 Å². The number of ketones is 1. The lowest BCUT2D eigenvalue weighted by atomic mass is 9.81. The van der Waals surface area contributed by atoms with Gasteiger partial charge in [0.25, 0.3) is 0 Å². The van der Waals surface area contributed by atoms with Gasteiger partial charge in [0.1, 0.15) is 17.4 Å². The molecule has 2 heterocycles. The van der Waals surface area contributed by atoms with Gasteiger partial charge in [-0.3, -0.25) is 9.78 Å². The van der Waals surface area contributed by atoms with Crippen LogP contribution in [0.2, 0.25) is 0 Å². The van der Waals surface area contributed by atoms with Crippen molar-refractivity contribution < 1.29 is 18.4 Å². The molecule has 31 heavy (non-hydrogen) atoms. The van der Waals surface area contributed by atoms with Crippen LogP contribution < -0.4 is 0 Å². The molecular formula is C24H27F2N3O2. The highest BCUT2D eigenvalue weighted by atomic mass is 19.1. The predicted octanol–water partition coefficient (Wildman–Crippen LogP) is 4.45. The van der Waals surface area contributed by atoms with Crippen LogP contribution in [0.3, 0.4) is 0 Å². The van der Waals surface area contributed by atoms with E-state index in [1.54, 1.807) is 23.2 Å². The number of aromatic nitrogens is 1. The van der Waals surface area contributed by atoms with Crippen LogP contribution in [-0.2, 0) is 11.2 Å². The summed E-state index contributed by atoms with van der Waals surface area (Å²) in [4.78, 5) is 33.2. The molecule has 5 nitrogen and oxygen atoms in total. The van der Waals surface area contributed by atoms with Gasteiger partial charge in [-0.25, -0.2) is 13.6 Å². The molecule has 2 fully saturated rings. The summed E-state index contributed by atoms with van der Waals surface area (Å²) in [6, 6.07) is 7.15. The molecule has 1 aliphatic heterocycles. The van der Waals surface area contributed by atoms with Crippen LogP contribution in [0.1, 0.15) is 37.8 Å². The molecular weight excluding hydrogens is 400 g/mol. The zero-order valence-corrected chi connectivity index (χ0v) is 17.7. The van der Waals surface area contributed by atoms with Gasteiger partial charge in [-0.05, 0) is 55.9 Å². The highest BCUT2D eigenvalue weighted by Crippen LogP contribution is 2.30. The van der Waals surface area contributed by atoms with Crippen molar-refractivity contribution in [2.24, 2.45) is 5.92 Å². The van der Waals surface area contributed by atoms with E-state index >= 15 is 0 Å². The highest BCUT2D eigenvalue weighted by Gasteiger charge is 2.34. The normalized spacial score (nSPS) is 22.0. The topological polar surface area (TPSA) is 53.5 Å². The second kappa shape index (κ2) is 9.12. The van der Waals surface area contributed by atoms with Gasteiger partial charge < -0.3 is 9.80 Å². The Hall–Kier alpha value is -2.83. The average Bonchev–Trinajstić information content (AvgIpc) is 2.76. The summed E-state index contributed by atoms with van der Waals surface area (Å²) < 4.78 is 26.9. The fourth-order valence-electron chi connectivity index (χ4n) is 4.68. The van der Waals surface area contributed by atoms with Crippen LogP contribution in [0.25, 0.3) is 11.1 Å². The Kier molecular flexibility index (Phi) is 6.30. The number of amides is 2.